The van der Waals surface area contributed by atoms with E-state index in [1.54, 1.807) is 11.3 Å². The molecule has 20 heavy (non-hydrogen) atoms. The molecular weight excluding hydrogens is 272 g/mol. The molecule has 2 N–H and O–H groups in total. The Hall–Kier alpha value is -1.40. The molecule has 0 saturated heterocycles. The van der Waals surface area contributed by atoms with Crippen LogP contribution in [-0.4, -0.2) is 16.2 Å². The number of rotatable bonds is 7. The average molecular weight is 294 g/mol. The van der Waals surface area contributed by atoms with Crippen molar-refractivity contribution in [3.05, 3.63) is 28.3 Å². The molecule has 0 radical (unpaired) electrons. The maximum absolute atomic E-state index is 5.62. The van der Waals surface area contributed by atoms with Gasteiger partial charge in [-0.05, 0) is 17.4 Å². The summed E-state index contributed by atoms with van der Waals surface area (Å²) in [5.41, 5.74) is 0. The van der Waals surface area contributed by atoms with E-state index < -0.39 is 0 Å². The van der Waals surface area contributed by atoms with Gasteiger partial charge in [-0.15, -0.1) is 16.4 Å². The third-order valence-electron chi connectivity index (χ3n) is 2.92. The molecular formula is C14H22N4OS. The van der Waals surface area contributed by atoms with Gasteiger partial charge in [0.2, 0.25) is 5.89 Å². The molecule has 2 rings (SSSR count). The van der Waals surface area contributed by atoms with Gasteiger partial charge in [0.1, 0.15) is 0 Å². The lowest BCUT2D eigenvalue weighted by molar-refractivity contribution is 0.448. The van der Waals surface area contributed by atoms with Gasteiger partial charge < -0.3 is 15.1 Å². The molecule has 0 aliphatic heterocycles. The second-order valence-electron chi connectivity index (χ2n) is 5.42. The SMILES string of the molecule is CC(C)NCc1nnc(NC(c2cccs2)C(C)C)o1. The first kappa shape index (κ1) is 15.0. The van der Waals surface area contributed by atoms with E-state index in [9.17, 15) is 0 Å². The van der Waals surface area contributed by atoms with Crippen LogP contribution in [0.15, 0.2) is 21.9 Å². The van der Waals surface area contributed by atoms with E-state index in [0.29, 0.717) is 30.4 Å². The monoisotopic (exact) mass is 294 g/mol. The zero-order valence-corrected chi connectivity index (χ0v) is 13.2. The lowest BCUT2D eigenvalue weighted by Gasteiger charge is -2.19. The van der Waals surface area contributed by atoms with Crippen molar-refractivity contribution in [3.63, 3.8) is 0 Å². The third-order valence-corrected chi connectivity index (χ3v) is 3.88. The standard InChI is InChI=1S/C14H22N4OS/c1-9(2)13(11-6-5-7-20-11)16-14-18-17-12(19-14)8-15-10(3)4/h5-7,9-10,13,15H,8H2,1-4H3,(H,16,18). The minimum absolute atomic E-state index is 0.196. The number of anilines is 1. The summed E-state index contributed by atoms with van der Waals surface area (Å²) in [6.45, 7) is 9.11. The molecule has 0 aromatic carbocycles. The molecule has 5 nitrogen and oxygen atoms in total. The van der Waals surface area contributed by atoms with Gasteiger partial charge in [0.05, 0.1) is 12.6 Å². The number of nitrogens with one attached hydrogen (secondary N) is 2. The van der Waals surface area contributed by atoms with Crippen molar-refractivity contribution >= 4 is 17.4 Å². The lowest BCUT2D eigenvalue weighted by atomic mass is 10.0. The largest absolute Gasteiger partial charge is 0.407 e. The molecule has 0 bridgehead atoms. The Bertz CT molecular complexity index is 507. The van der Waals surface area contributed by atoms with Crippen molar-refractivity contribution in [1.29, 1.82) is 0 Å². The van der Waals surface area contributed by atoms with Crippen LogP contribution >= 0.6 is 11.3 Å². The fourth-order valence-corrected chi connectivity index (χ4v) is 2.79. The minimum Gasteiger partial charge on any atom is -0.407 e. The molecule has 0 saturated carbocycles. The van der Waals surface area contributed by atoms with Gasteiger partial charge in [-0.25, -0.2) is 0 Å². The zero-order chi connectivity index (χ0) is 14.5. The molecule has 1 atom stereocenters. The summed E-state index contributed by atoms with van der Waals surface area (Å²) in [4.78, 5) is 1.28. The van der Waals surface area contributed by atoms with Crippen LogP contribution in [0.5, 0.6) is 0 Å². The Morgan fingerprint density at radius 1 is 1.25 bits per heavy atom. The Balaban J connectivity index is 2.01. The zero-order valence-electron chi connectivity index (χ0n) is 12.4. The van der Waals surface area contributed by atoms with Gasteiger partial charge in [0.15, 0.2) is 0 Å². The number of hydrogen-bond acceptors (Lipinski definition) is 6. The maximum Gasteiger partial charge on any atom is 0.316 e. The molecule has 1 unspecified atom stereocenters. The average Bonchev–Trinajstić information content (AvgIpc) is 3.04. The fraction of sp³-hybridized carbons (Fsp3) is 0.571. The molecule has 0 aliphatic rings. The number of aromatic nitrogens is 2. The third kappa shape index (κ3) is 4.05. The van der Waals surface area contributed by atoms with Crippen LogP contribution in [-0.2, 0) is 6.54 Å². The lowest BCUT2D eigenvalue weighted by Crippen LogP contribution is -2.21. The molecule has 0 fully saturated rings. The van der Waals surface area contributed by atoms with E-state index in [1.165, 1.54) is 4.88 Å². The number of hydrogen-bond donors (Lipinski definition) is 2. The van der Waals surface area contributed by atoms with Crippen LogP contribution in [0.25, 0.3) is 0 Å². The van der Waals surface area contributed by atoms with Crippen molar-refractivity contribution in [2.75, 3.05) is 5.32 Å². The predicted molar refractivity (Wildman–Crippen MR) is 81.8 cm³/mol. The molecule has 6 heteroatoms. The molecule has 0 aliphatic carbocycles. The summed E-state index contributed by atoms with van der Waals surface area (Å²) in [6.07, 6.45) is 0. The maximum atomic E-state index is 5.62. The topological polar surface area (TPSA) is 63.0 Å². The van der Waals surface area contributed by atoms with Gasteiger partial charge >= 0.3 is 6.01 Å². The van der Waals surface area contributed by atoms with Crippen molar-refractivity contribution in [2.24, 2.45) is 5.92 Å². The smallest absolute Gasteiger partial charge is 0.316 e. The molecule has 2 aromatic heterocycles. The van der Waals surface area contributed by atoms with E-state index >= 15 is 0 Å². The van der Waals surface area contributed by atoms with Gasteiger partial charge in [-0.2, -0.15) is 0 Å². The van der Waals surface area contributed by atoms with Gasteiger partial charge in [-0.3, -0.25) is 0 Å². The van der Waals surface area contributed by atoms with E-state index in [2.05, 4.69) is 66.0 Å². The van der Waals surface area contributed by atoms with Gasteiger partial charge in [-0.1, -0.05) is 38.9 Å². The Kier molecular flexibility index (Phi) is 5.14. The second-order valence-corrected chi connectivity index (χ2v) is 6.40. The van der Waals surface area contributed by atoms with Gasteiger partial charge in [0, 0.05) is 10.9 Å². The van der Waals surface area contributed by atoms with E-state index in [4.69, 9.17) is 4.42 Å². The van der Waals surface area contributed by atoms with Crippen molar-refractivity contribution in [3.8, 4) is 0 Å². The fourth-order valence-electron chi connectivity index (χ4n) is 1.84. The van der Waals surface area contributed by atoms with Crippen LogP contribution in [0.3, 0.4) is 0 Å². The summed E-state index contributed by atoms with van der Waals surface area (Å²) in [7, 11) is 0. The number of thiophene rings is 1. The van der Waals surface area contributed by atoms with Crippen LogP contribution < -0.4 is 10.6 Å². The molecule has 110 valence electrons. The Labute approximate surface area is 123 Å². The highest BCUT2D eigenvalue weighted by Crippen LogP contribution is 2.29. The minimum atomic E-state index is 0.196. The van der Waals surface area contributed by atoms with Crippen molar-refractivity contribution < 1.29 is 4.42 Å². The van der Waals surface area contributed by atoms with E-state index in [1.807, 2.05) is 0 Å². The quantitative estimate of drug-likeness (QED) is 0.819. The first-order chi connectivity index (χ1) is 9.56. The van der Waals surface area contributed by atoms with Crippen molar-refractivity contribution in [1.82, 2.24) is 15.5 Å². The Morgan fingerprint density at radius 3 is 2.65 bits per heavy atom. The van der Waals surface area contributed by atoms with E-state index in [0.717, 1.165) is 0 Å². The molecule has 2 heterocycles. The molecule has 2 aromatic rings. The summed E-state index contributed by atoms with van der Waals surface area (Å²) >= 11 is 1.73. The van der Waals surface area contributed by atoms with Crippen LogP contribution in [0, 0.1) is 5.92 Å². The second kappa shape index (κ2) is 6.85. The van der Waals surface area contributed by atoms with Crippen molar-refractivity contribution in [2.45, 2.75) is 46.3 Å². The number of nitrogens with zero attached hydrogens (tertiary/aromatic N) is 2. The normalized spacial score (nSPS) is 13.1. The summed E-state index contributed by atoms with van der Waals surface area (Å²) in [6, 6.07) is 5.26. The highest BCUT2D eigenvalue weighted by atomic mass is 32.1. The Morgan fingerprint density at radius 2 is 2.05 bits per heavy atom. The summed E-state index contributed by atoms with van der Waals surface area (Å²) in [5.74, 6) is 1.05. The summed E-state index contributed by atoms with van der Waals surface area (Å²) in [5, 5.41) is 16.8. The molecule has 0 amide bonds. The van der Waals surface area contributed by atoms with Crippen LogP contribution in [0.2, 0.25) is 0 Å². The first-order valence-electron chi connectivity index (χ1n) is 6.92. The highest BCUT2D eigenvalue weighted by Gasteiger charge is 2.19. The highest BCUT2D eigenvalue weighted by molar-refractivity contribution is 7.10. The summed E-state index contributed by atoms with van der Waals surface area (Å²) < 4.78 is 5.62. The van der Waals surface area contributed by atoms with E-state index in [-0.39, 0.29) is 6.04 Å². The first-order valence-corrected chi connectivity index (χ1v) is 7.80. The van der Waals surface area contributed by atoms with Crippen LogP contribution in [0.1, 0.15) is 44.5 Å². The molecule has 0 spiro atoms. The van der Waals surface area contributed by atoms with Crippen LogP contribution in [0.4, 0.5) is 6.01 Å². The van der Waals surface area contributed by atoms with Gasteiger partial charge in [0.25, 0.3) is 0 Å². The predicted octanol–water partition coefficient (Wildman–Crippen LogP) is 3.44.